The maximum atomic E-state index is 13.5. The molecule has 3 aromatic carbocycles. The van der Waals surface area contributed by atoms with Crippen LogP contribution in [-0.4, -0.2) is 47.4 Å². The van der Waals surface area contributed by atoms with Crippen molar-refractivity contribution in [1.82, 2.24) is 5.32 Å². The Morgan fingerprint density at radius 1 is 0.971 bits per heavy atom. The van der Waals surface area contributed by atoms with E-state index in [2.05, 4.69) is 5.32 Å². The number of sulfonamides is 1. The molecule has 180 valence electrons. The molecule has 0 aromatic heterocycles. The minimum absolute atomic E-state index is 0.0347. The molecule has 0 aliphatic rings. The predicted octanol–water partition coefficient (Wildman–Crippen LogP) is 4.46. The van der Waals surface area contributed by atoms with E-state index in [0.29, 0.717) is 28.8 Å². The number of carbonyl (C=O) groups is 1. The fraction of sp³-hybridized carbons (Fsp3) is 0.208. The summed E-state index contributed by atoms with van der Waals surface area (Å²) in [5, 5.41) is 3.25. The summed E-state index contributed by atoms with van der Waals surface area (Å²) in [6, 6.07) is 20.4. The number of thioether (sulfide) groups is 1. The lowest BCUT2D eigenvalue weighted by atomic mass is 10.3. The number of hydrogen-bond acceptors (Lipinski definition) is 6. The fourth-order valence-corrected chi connectivity index (χ4v) is 5.44. The van der Waals surface area contributed by atoms with Crippen LogP contribution >= 0.6 is 23.4 Å². The van der Waals surface area contributed by atoms with Gasteiger partial charge in [0.1, 0.15) is 6.54 Å². The Labute approximate surface area is 209 Å². The van der Waals surface area contributed by atoms with Gasteiger partial charge < -0.3 is 14.8 Å². The largest absolute Gasteiger partial charge is 0.493 e. The highest BCUT2D eigenvalue weighted by atomic mass is 35.5. The van der Waals surface area contributed by atoms with E-state index in [1.807, 2.05) is 30.3 Å². The first kappa shape index (κ1) is 25.7. The standard InChI is InChI=1S/C24H25ClN2O5S2/c1-31-22-13-12-21(16-23(22)32-2)34(29,30)27(19-10-8-18(25)9-11-19)17-24(28)26-14-15-33-20-6-4-3-5-7-20/h3-13,16H,14-15,17H2,1-2H3,(H,26,28). The second kappa shape index (κ2) is 12.0. The summed E-state index contributed by atoms with van der Waals surface area (Å²) in [6.45, 7) is -0.00241. The highest BCUT2D eigenvalue weighted by Crippen LogP contribution is 2.32. The molecule has 0 aliphatic heterocycles. The third-order valence-electron chi connectivity index (χ3n) is 4.78. The third kappa shape index (κ3) is 6.59. The van der Waals surface area contributed by atoms with Gasteiger partial charge in [0.25, 0.3) is 10.0 Å². The van der Waals surface area contributed by atoms with Gasteiger partial charge in [-0.3, -0.25) is 9.10 Å². The summed E-state index contributed by atoms with van der Waals surface area (Å²) < 4.78 is 38.6. The van der Waals surface area contributed by atoms with Gasteiger partial charge in [0.05, 0.1) is 24.8 Å². The van der Waals surface area contributed by atoms with Crippen LogP contribution in [-0.2, 0) is 14.8 Å². The summed E-state index contributed by atoms with van der Waals surface area (Å²) in [5.74, 6) is 0.891. The number of amides is 1. The van der Waals surface area contributed by atoms with Gasteiger partial charge in [-0.15, -0.1) is 11.8 Å². The van der Waals surface area contributed by atoms with Crippen molar-refractivity contribution in [2.45, 2.75) is 9.79 Å². The van der Waals surface area contributed by atoms with Crippen LogP contribution in [0.5, 0.6) is 11.5 Å². The number of anilines is 1. The van der Waals surface area contributed by atoms with Gasteiger partial charge in [-0.2, -0.15) is 0 Å². The van der Waals surface area contributed by atoms with Gasteiger partial charge in [-0.1, -0.05) is 29.8 Å². The molecule has 0 aliphatic carbocycles. The van der Waals surface area contributed by atoms with Crippen molar-refractivity contribution in [3.05, 3.63) is 77.8 Å². The van der Waals surface area contributed by atoms with Crippen LogP contribution in [0.25, 0.3) is 0 Å². The van der Waals surface area contributed by atoms with E-state index in [-0.39, 0.29) is 10.6 Å². The molecule has 0 fully saturated rings. The number of methoxy groups -OCH3 is 2. The average Bonchev–Trinajstić information content (AvgIpc) is 2.86. The van der Waals surface area contributed by atoms with E-state index in [0.717, 1.165) is 9.20 Å². The monoisotopic (exact) mass is 520 g/mol. The van der Waals surface area contributed by atoms with Crippen molar-refractivity contribution >= 4 is 45.0 Å². The first-order valence-corrected chi connectivity index (χ1v) is 13.1. The van der Waals surface area contributed by atoms with Gasteiger partial charge in [-0.25, -0.2) is 8.42 Å². The third-order valence-corrected chi connectivity index (χ3v) is 7.82. The quantitative estimate of drug-likeness (QED) is 0.297. The molecule has 0 bridgehead atoms. The molecule has 1 N–H and O–H groups in total. The molecule has 0 saturated heterocycles. The maximum Gasteiger partial charge on any atom is 0.264 e. The van der Waals surface area contributed by atoms with Crippen molar-refractivity contribution in [2.75, 3.05) is 37.4 Å². The van der Waals surface area contributed by atoms with Crippen LogP contribution in [0, 0.1) is 0 Å². The van der Waals surface area contributed by atoms with E-state index < -0.39 is 22.5 Å². The Hall–Kier alpha value is -2.88. The number of nitrogens with one attached hydrogen (secondary N) is 1. The summed E-state index contributed by atoms with van der Waals surface area (Å²) in [5.41, 5.74) is 0.313. The number of rotatable bonds is 11. The smallest absolute Gasteiger partial charge is 0.264 e. The van der Waals surface area contributed by atoms with Gasteiger partial charge in [-0.05, 0) is 48.5 Å². The van der Waals surface area contributed by atoms with Crippen molar-refractivity contribution in [3.8, 4) is 11.5 Å². The van der Waals surface area contributed by atoms with Crippen LogP contribution in [0.3, 0.4) is 0 Å². The van der Waals surface area contributed by atoms with Gasteiger partial charge in [0, 0.05) is 28.3 Å². The zero-order valence-electron chi connectivity index (χ0n) is 18.7. The lowest BCUT2D eigenvalue weighted by Gasteiger charge is -2.24. The molecular weight excluding hydrogens is 496 g/mol. The Balaban J connectivity index is 1.78. The Bertz CT molecular complexity index is 1210. The number of hydrogen-bond donors (Lipinski definition) is 1. The van der Waals surface area contributed by atoms with E-state index in [1.165, 1.54) is 32.4 Å². The molecule has 0 unspecified atom stereocenters. The highest BCUT2D eigenvalue weighted by molar-refractivity contribution is 7.99. The van der Waals surface area contributed by atoms with Gasteiger partial charge >= 0.3 is 0 Å². The van der Waals surface area contributed by atoms with Crippen molar-refractivity contribution in [3.63, 3.8) is 0 Å². The van der Waals surface area contributed by atoms with Crippen LogP contribution in [0.2, 0.25) is 5.02 Å². The minimum atomic E-state index is -4.10. The number of carbonyl (C=O) groups excluding carboxylic acids is 1. The number of ether oxygens (including phenoxy) is 2. The molecule has 3 aromatic rings. The topological polar surface area (TPSA) is 84.9 Å². The van der Waals surface area contributed by atoms with Gasteiger partial charge in [0.15, 0.2) is 11.5 Å². The summed E-state index contributed by atoms with van der Waals surface area (Å²) >= 11 is 7.58. The average molecular weight is 521 g/mol. The van der Waals surface area contributed by atoms with Crippen LogP contribution in [0.4, 0.5) is 5.69 Å². The molecule has 0 saturated carbocycles. The van der Waals surface area contributed by atoms with E-state index in [4.69, 9.17) is 21.1 Å². The van der Waals surface area contributed by atoms with Gasteiger partial charge in [0.2, 0.25) is 5.91 Å². The molecule has 34 heavy (non-hydrogen) atoms. The Morgan fingerprint density at radius 3 is 2.29 bits per heavy atom. The van der Waals surface area contributed by atoms with E-state index in [1.54, 1.807) is 36.0 Å². The normalized spacial score (nSPS) is 11.0. The summed E-state index contributed by atoms with van der Waals surface area (Å²) in [6.07, 6.45) is 0. The van der Waals surface area contributed by atoms with Crippen LogP contribution in [0.15, 0.2) is 82.6 Å². The number of nitrogens with zero attached hydrogens (tertiary/aromatic N) is 1. The fourth-order valence-electron chi connectivity index (χ4n) is 3.09. The molecule has 0 heterocycles. The molecule has 0 radical (unpaired) electrons. The van der Waals surface area contributed by atoms with Crippen LogP contribution < -0.4 is 19.1 Å². The van der Waals surface area contributed by atoms with Crippen molar-refractivity contribution < 1.29 is 22.7 Å². The molecule has 7 nitrogen and oxygen atoms in total. The Morgan fingerprint density at radius 2 is 1.65 bits per heavy atom. The molecular formula is C24H25ClN2O5S2. The zero-order valence-corrected chi connectivity index (χ0v) is 21.1. The first-order valence-electron chi connectivity index (χ1n) is 10.3. The lowest BCUT2D eigenvalue weighted by Crippen LogP contribution is -2.41. The van der Waals surface area contributed by atoms with Crippen molar-refractivity contribution in [1.29, 1.82) is 0 Å². The maximum absolute atomic E-state index is 13.5. The highest BCUT2D eigenvalue weighted by Gasteiger charge is 2.28. The minimum Gasteiger partial charge on any atom is -0.493 e. The second-order valence-corrected chi connectivity index (χ2v) is 10.5. The lowest BCUT2D eigenvalue weighted by molar-refractivity contribution is -0.119. The molecule has 0 atom stereocenters. The predicted molar refractivity (Wildman–Crippen MR) is 136 cm³/mol. The number of benzene rings is 3. The SMILES string of the molecule is COc1ccc(S(=O)(=O)N(CC(=O)NCCSc2ccccc2)c2ccc(Cl)cc2)cc1OC. The van der Waals surface area contributed by atoms with E-state index >= 15 is 0 Å². The van der Waals surface area contributed by atoms with Crippen LogP contribution in [0.1, 0.15) is 0 Å². The molecule has 1 amide bonds. The summed E-state index contributed by atoms with van der Waals surface area (Å²) in [4.78, 5) is 13.8. The zero-order chi connectivity index (χ0) is 24.6. The number of halogens is 1. The summed E-state index contributed by atoms with van der Waals surface area (Å²) in [7, 11) is -1.22. The molecule has 0 spiro atoms. The molecule has 3 rings (SSSR count). The second-order valence-electron chi connectivity index (χ2n) is 7.02. The molecule has 10 heteroatoms. The van der Waals surface area contributed by atoms with E-state index in [9.17, 15) is 13.2 Å². The Kier molecular flexibility index (Phi) is 9.09. The van der Waals surface area contributed by atoms with Crippen molar-refractivity contribution in [2.24, 2.45) is 0 Å². The first-order chi connectivity index (χ1) is 16.3.